The summed E-state index contributed by atoms with van der Waals surface area (Å²) >= 11 is 5.73. The first kappa shape index (κ1) is 16.8. The van der Waals surface area contributed by atoms with Gasteiger partial charge in [-0.3, -0.25) is 14.9 Å². The summed E-state index contributed by atoms with van der Waals surface area (Å²) in [5, 5.41) is 21.9. The van der Waals surface area contributed by atoms with Gasteiger partial charge < -0.3 is 10.4 Å². The lowest BCUT2D eigenvalue weighted by Crippen LogP contribution is -2.45. The quantitative estimate of drug-likeness (QED) is 0.469. The van der Waals surface area contributed by atoms with Gasteiger partial charge in [-0.15, -0.1) is 0 Å². The predicted molar refractivity (Wildman–Crippen MR) is 74.2 cm³/mol. The molecule has 0 saturated carbocycles. The van der Waals surface area contributed by atoms with E-state index in [4.69, 9.17) is 16.7 Å². The summed E-state index contributed by atoms with van der Waals surface area (Å²) in [6.45, 7) is 3.46. The van der Waals surface area contributed by atoms with E-state index >= 15 is 0 Å². The average Bonchev–Trinajstić information content (AvgIpc) is 2.43. The molecule has 21 heavy (non-hydrogen) atoms. The van der Waals surface area contributed by atoms with Gasteiger partial charge in [-0.25, -0.2) is 9.78 Å². The topological polar surface area (TPSA) is 122 Å². The SMILES string of the molecule is CCC(C)C(NC(=O)c1cc([N+](=O)[O-])cnc1Cl)C(=O)O. The minimum atomic E-state index is -1.19. The molecule has 1 heterocycles. The van der Waals surface area contributed by atoms with Crippen LogP contribution in [0.2, 0.25) is 5.15 Å². The number of nitrogens with zero attached hydrogens (tertiary/aromatic N) is 2. The highest BCUT2D eigenvalue weighted by atomic mass is 35.5. The van der Waals surface area contributed by atoms with E-state index in [0.29, 0.717) is 6.42 Å². The van der Waals surface area contributed by atoms with E-state index in [9.17, 15) is 19.7 Å². The Morgan fingerprint density at radius 3 is 2.67 bits per heavy atom. The van der Waals surface area contributed by atoms with Crippen LogP contribution in [-0.4, -0.2) is 32.9 Å². The number of aromatic nitrogens is 1. The fraction of sp³-hybridized carbons (Fsp3) is 0.417. The summed E-state index contributed by atoms with van der Waals surface area (Å²) < 4.78 is 0. The molecule has 2 unspecified atom stereocenters. The van der Waals surface area contributed by atoms with Gasteiger partial charge in [0.2, 0.25) is 0 Å². The molecule has 0 aliphatic carbocycles. The minimum Gasteiger partial charge on any atom is -0.480 e. The Morgan fingerprint density at radius 1 is 1.57 bits per heavy atom. The summed E-state index contributed by atoms with van der Waals surface area (Å²) in [4.78, 5) is 36.7. The first-order valence-corrected chi connectivity index (χ1v) is 6.49. The molecular weight excluding hydrogens is 302 g/mol. The van der Waals surface area contributed by atoms with Crippen molar-refractivity contribution in [1.82, 2.24) is 10.3 Å². The Balaban J connectivity index is 3.05. The Kier molecular flexibility index (Phi) is 5.60. The Bertz CT molecular complexity index is 578. The molecule has 0 saturated heterocycles. The van der Waals surface area contributed by atoms with Gasteiger partial charge in [0.25, 0.3) is 11.6 Å². The number of carbonyl (C=O) groups is 2. The van der Waals surface area contributed by atoms with Crippen LogP contribution in [-0.2, 0) is 4.79 Å². The van der Waals surface area contributed by atoms with E-state index in [-0.39, 0.29) is 16.6 Å². The second-order valence-electron chi connectivity index (χ2n) is 4.46. The van der Waals surface area contributed by atoms with Gasteiger partial charge in [-0.1, -0.05) is 31.9 Å². The van der Waals surface area contributed by atoms with Crippen molar-refractivity contribution in [2.75, 3.05) is 0 Å². The van der Waals surface area contributed by atoms with Crippen molar-refractivity contribution >= 4 is 29.2 Å². The maximum absolute atomic E-state index is 12.1. The van der Waals surface area contributed by atoms with E-state index in [1.165, 1.54) is 0 Å². The molecule has 0 spiro atoms. The lowest BCUT2D eigenvalue weighted by molar-refractivity contribution is -0.385. The molecule has 2 atom stereocenters. The van der Waals surface area contributed by atoms with Crippen molar-refractivity contribution in [2.24, 2.45) is 5.92 Å². The third kappa shape index (κ3) is 4.12. The summed E-state index contributed by atoms with van der Waals surface area (Å²) in [6, 6.07) is -0.155. The number of rotatable bonds is 6. The second-order valence-corrected chi connectivity index (χ2v) is 4.82. The molecule has 8 nitrogen and oxygen atoms in total. The van der Waals surface area contributed by atoms with E-state index < -0.39 is 28.5 Å². The first-order chi connectivity index (χ1) is 9.77. The molecule has 1 aromatic rings. The Hall–Kier alpha value is -2.22. The Morgan fingerprint density at radius 2 is 2.19 bits per heavy atom. The van der Waals surface area contributed by atoms with Crippen LogP contribution in [0.5, 0.6) is 0 Å². The lowest BCUT2D eigenvalue weighted by Gasteiger charge is -2.20. The molecule has 0 fully saturated rings. The van der Waals surface area contributed by atoms with Gasteiger partial charge in [0.1, 0.15) is 17.4 Å². The average molecular weight is 316 g/mol. The fourth-order valence-corrected chi connectivity index (χ4v) is 1.79. The highest BCUT2D eigenvalue weighted by Gasteiger charge is 2.27. The smallest absolute Gasteiger partial charge is 0.326 e. The van der Waals surface area contributed by atoms with Crippen LogP contribution in [0.15, 0.2) is 12.3 Å². The molecule has 0 aliphatic heterocycles. The molecule has 114 valence electrons. The zero-order valence-corrected chi connectivity index (χ0v) is 12.1. The van der Waals surface area contributed by atoms with Gasteiger partial charge in [-0.2, -0.15) is 0 Å². The molecule has 0 bridgehead atoms. The highest BCUT2D eigenvalue weighted by Crippen LogP contribution is 2.19. The number of hydrogen-bond acceptors (Lipinski definition) is 5. The third-order valence-electron chi connectivity index (χ3n) is 3.05. The lowest BCUT2D eigenvalue weighted by atomic mass is 9.99. The van der Waals surface area contributed by atoms with Crippen LogP contribution in [0.1, 0.15) is 30.6 Å². The number of nitro groups is 1. The van der Waals surface area contributed by atoms with Gasteiger partial charge >= 0.3 is 5.97 Å². The Labute approximate surface area is 125 Å². The number of amides is 1. The summed E-state index contributed by atoms with van der Waals surface area (Å²) in [7, 11) is 0. The van der Waals surface area contributed by atoms with Crippen LogP contribution >= 0.6 is 11.6 Å². The standard InChI is InChI=1S/C12H14ClN3O5/c1-3-6(2)9(12(18)19)15-11(17)8-4-7(16(20)21)5-14-10(8)13/h4-6,9H,3H2,1-2H3,(H,15,17)(H,18,19). The van der Waals surface area contributed by atoms with Crippen molar-refractivity contribution in [1.29, 1.82) is 0 Å². The predicted octanol–water partition coefficient (Wildman–Crippen LogP) is 1.87. The van der Waals surface area contributed by atoms with Crippen molar-refractivity contribution in [2.45, 2.75) is 26.3 Å². The van der Waals surface area contributed by atoms with Gasteiger partial charge in [0.05, 0.1) is 10.5 Å². The van der Waals surface area contributed by atoms with Gasteiger partial charge in [0, 0.05) is 6.07 Å². The molecule has 1 amide bonds. The van der Waals surface area contributed by atoms with Crippen molar-refractivity contribution in [3.8, 4) is 0 Å². The zero-order valence-electron chi connectivity index (χ0n) is 11.4. The molecule has 1 rings (SSSR count). The summed E-state index contributed by atoms with van der Waals surface area (Å²) in [5.74, 6) is -2.31. The molecule has 2 N–H and O–H groups in total. The summed E-state index contributed by atoms with van der Waals surface area (Å²) in [5.41, 5.74) is -0.639. The van der Waals surface area contributed by atoms with Crippen LogP contribution < -0.4 is 5.32 Å². The number of carboxylic acid groups (broad SMARTS) is 1. The van der Waals surface area contributed by atoms with Crippen LogP contribution in [0.25, 0.3) is 0 Å². The maximum Gasteiger partial charge on any atom is 0.326 e. The molecule has 1 aromatic heterocycles. The zero-order chi connectivity index (χ0) is 16.2. The molecule has 0 radical (unpaired) electrons. The fourth-order valence-electron chi connectivity index (χ4n) is 1.60. The molecule has 9 heteroatoms. The third-order valence-corrected chi connectivity index (χ3v) is 3.35. The van der Waals surface area contributed by atoms with Crippen LogP contribution in [0.4, 0.5) is 5.69 Å². The number of halogens is 1. The maximum atomic E-state index is 12.1. The summed E-state index contributed by atoms with van der Waals surface area (Å²) in [6.07, 6.45) is 1.46. The largest absolute Gasteiger partial charge is 0.480 e. The second kappa shape index (κ2) is 6.98. The van der Waals surface area contributed by atoms with Crippen LogP contribution in [0.3, 0.4) is 0 Å². The number of nitrogens with one attached hydrogen (secondary N) is 1. The first-order valence-electron chi connectivity index (χ1n) is 6.11. The normalized spacial score (nSPS) is 13.3. The number of pyridine rings is 1. The number of carboxylic acids is 1. The highest BCUT2D eigenvalue weighted by molar-refractivity contribution is 6.32. The van der Waals surface area contributed by atoms with E-state index in [1.54, 1.807) is 13.8 Å². The van der Waals surface area contributed by atoms with Gasteiger partial charge in [-0.05, 0) is 5.92 Å². The number of aliphatic carboxylic acids is 1. The molecular formula is C12H14ClN3O5. The molecule has 0 aliphatic rings. The van der Waals surface area contributed by atoms with Crippen molar-refractivity contribution in [3.05, 3.63) is 33.1 Å². The van der Waals surface area contributed by atoms with E-state index in [2.05, 4.69) is 10.3 Å². The van der Waals surface area contributed by atoms with Crippen molar-refractivity contribution in [3.63, 3.8) is 0 Å². The van der Waals surface area contributed by atoms with Gasteiger partial charge in [0.15, 0.2) is 0 Å². The van der Waals surface area contributed by atoms with E-state index in [0.717, 1.165) is 12.3 Å². The molecule has 0 aromatic carbocycles. The number of hydrogen-bond donors (Lipinski definition) is 2. The van der Waals surface area contributed by atoms with E-state index in [1.807, 2.05) is 0 Å². The van der Waals surface area contributed by atoms with Crippen LogP contribution in [0, 0.1) is 16.0 Å². The monoisotopic (exact) mass is 315 g/mol. The number of carbonyl (C=O) groups excluding carboxylic acids is 1. The minimum absolute atomic E-state index is 0.230. The van der Waals surface area contributed by atoms with Crippen molar-refractivity contribution < 1.29 is 19.6 Å².